The van der Waals surface area contributed by atoms with Crippen LogP contribution in [0.5, 0.6) is 5.75 Å². The van der Waals surface area contributed by atoms with Crippen molar-refractivity contribution in [3.63, 3.8) is 0 Å². The van der Waals surface area contributed by atoms with Crippen LogP contribution in [0.3, 0.4) is 0 Å². The standard InChI is InChI=1S/C22H27NO3/c1-21(2,3)18-8-10-19(11-9-18)26-14-20(24)23-15-22(25)12-16-6-4-5-7-17(16)13-22/h4-11,25H,12-15H2,1-3H3,(H,23,24). The molecule has 26 heavy (non-hydrogen) atoms. The van der Waals surface area contributed by atoms with E-state index in [1.165, 1.54) is 5.56 Å². The summed E-state index contributed by atoms with van der Waals surface area (Å²) in [5.74, 6) is 0.439. The third-order valence-corrected chi connectivity index (χ3v) is 4.86. The highest BCUT2D eigenvalue weighted by molar-refractivity contribution is 5.77. The highest BCUT2D eigenvalue weighted by atomic mass is 16.5. The molecule has 4 heteroatoms. The number of rotatable bonds is 5. The summed E-state index contributed by atoms with van der Waals surface area (Å²) in [6.45, 7) is 6.64. The molecule has 1 amide bonds. The second kappa shape index (κ2) is 7.12. The van der Waals surface area contributed by atoms with E-state index >= 15 is 0 Å². The predicted octanol–water partition coefficient (Wildman–Crippen LogP) is 3.01. The molecule has 0 spiro atoms. The molecule has 0 heterocycles. The highest BCUT2D eigenvalue weighted by Gasteiger charge is 2.35. The van der Waals surface area contributed by atoms with Crippen molar-refractivity contribution in [2.24, 2.45) is 0 Å². The Morgan fingerprint density at radius 3 is 2.19 bits per heavy atom. The lowest BCUT2D eigenvalue weighted by Gasteiger charge is -2.22. The number of carbonyl (C=O) groups is 1. The van der Waals surface area contributed by atoms with Gasteiger partial charge in [0.25, 0.3) is 5.91 Å². The van der Waals surface area contributed by atoms with Gasteiger partial charge in [-0.3, -0.25) is 4.79 Å². The average Bonchev–Trinajstić information content (AvgIpc) is 2.94. The molecule has 0 fully saturated rings. The first-order valence-electron chi connectivity index (χ1n) is 9.04. The quantitative estimate of drug-likeness (QED) is 0.869. The van der Waals surface area contributed by atoms with E-state index in [4.69, 9.17) is 4.74 Å². The van der Waals surface area contributed by atoms with Gasteiger partial charge in [0.05, 0.1) is 5.60 Å². The Kier molecular flexibility index (Phi) is 5.05. The summed E-state index contributed by atoms with van der Waals surface area (Å²) in [5, 5.41) is 13.5. The molecule has 0 saturated heterocycles. The Labute approximate surface area is 155 Å². The van der Waals surface area contributed by atoms with Crippen LogP contribution in [0.15, 0.2) is 48.5 Å². The number of carbonyl (C=O) groups excluding carboxylic acids is 1. The van der Waals surface area contributed by atoms with E-state index < -0.39 is 5.60 Å². The number of nitrogens with one attached hydrogen (secondary N) is 1. The minimum Gasteiger partial charge on any atom is -0.484 e. The van der Waals surface area contributed by atoms with Crippen molar-refractivity contribution >= 4 is 5.91 Å². The van der Waals surface area contributed by atoms with Gasteiger partial charge in [0, 0.05) is 19.4 Å². The highest BCUT2D eigenvalue weighted by Crippen LogP contribution is 2.29. The van der Waals surface area contributed by atoms with Gasteiger partial charge >= 0.3 is 0 Å². The van der Waals surface area contributed by atoms with E-state index in [2.05, 4.69) is 26.1 Å². The Morgan fingerprint density at radius 2 is 1.65 bits per heavy atom. The zero-order chi connectivity index (χ0) is 18.8. The number of aliphatic hydroxyl groups is 1. The first-order valence-corrected chi connectivity index (χ1v) is 9.04. The average molecular weight is 353 g/mol. The molecule has 2 aromatic rings. The minimum absolute atomic E-state index is 0.0576. The van der Waals surface area contributed by atoms with Crippen molar-refractivity contribution < 1.29 is 14.6 Å². The van der Waals surface area contributed by atoms with Gasteiger partial charge < -0.3 is 15.2 Å². The van der Waals surface area contributed by atoms with Gasteiger partial charge in [0.2, 0.25) is 0 Å². The van der Waals surface area contributed by atoms with Crippen LogP contribution in [0.25, 0.3) is 0 Å². The molecule has 0 aliphatic heterocycles. The summed E-state index contributed by atoms with van der Waals surface area (Å²) in [5.41, 5.74) is 2.70. The van der Waals surface area contributed by atoms with Gasteiger partial charge in [-0.25, -0.2) is 0 Å². The molecule has 138 valence electrons. The summed E-state index contributed by atoms with van der Waals surface area (Å²) >= 11 is 0. The van der Waals surface area contributed by atoms with Gasteiger partial charge in [-0.1, -0.05) is 57.2 Å². The monoisotopic (exact) mass is 353 g/mol. The molecule has 2 aromatic carbocycles. The van der Waals surface area contributed by atoms with Gasteiger partial charge in [0.15, 0.2) is 6.61 Å². The lowest BCUT2D eigenvalue weighted by atomic mass is 9.87. The second-order valence-corrected chi connectivity index (χ2v) is 8.19. The van der Waals surface area contributed by atoms with Gasteiger partial charge in [-0.15, -0.1) is 0 Å². The number of benzene rings is 2. The molecular weight excluding hydrogens is 326 g/mol. The van der Waals surface area contributed by atoms with Crippen LogP contribution in [-0.4, -0.2) is 29.8 Å². The van der Waals surface area contributed by atoms with Crippen LogP contribution in [-0.2, 0) is 23.1 Å². The molecule has 2 N–H and O–H groups in total. The molecule has 0 bridgehead atoms. The number of hydrogen-bond donors (Lipinski definition) is 2. The van der Waals surface area contributed by atoms with E-state index in [9.17, 15) is 9.90 Å². The molecular formula is C22H27NO3. The maximum absolute atomic E-state index is 12.1. The molecule has 0 atom stereocenters. The largest absolute Gasteiger partial charge is 0.484 e. The van der Waals surface area contributed by atoms with Crippen molar-refractivity contribution in [3.05, 3.63) is 65.2 Å². The van der Waals surface area contributed by atoms with Gasteiger partial charge in [0.1, 0.15) is 5.75 Å². The summed E-state index contributed by atoms with van der Waals surface area (Å²) in [6.07, 6.45) is 1.14. The van der Waals surface area contributed by atoms with E-state index in [0.717, 1.165) is 11.1 Å². The van der Waals surface area contributed by atoms with Crippen LogP contribution in [0, 0.1) is 0 Å². The SMILES string of the molecule is CC(C)(C)c1ccc(OCC(=O)NCC2(O)Cc3ccccc3C2)cc1. The van der Waals surface area contributed by atoms with Crippen LogP contribution in [0.1, 0.15) is 37.5 Å². The fourth-order valence-corrected chi connectivity index (χ4v) is 3.31. The second-order valence-electron chi connectivity index (χ2n) is 8.19. The van der Waals surface area contributed by atoms with E-state index in [0.29, 0.717) is 18.6 Å². The molecule has 0 saturated carbocycles. The molecule has 4 nitrogen and oxygen atoms in total. The zero-order valence-corrected chi connectivity index (χ0v) is 15.7. The molecule has 3 rings (SSSR count). The number of amides is 1. The first-order chi connectivity index (χ1) is 12.3. The molecule has 1 aliphatic carbocycles. The normalized spacial score (nSPS) is 15.4. The van der Waals surface area contributed by atoms with E-state index in [1.54, 1.807) is 0 Å². The summed E-state index contributed by atoms with van der Waals surface area (Å²) < 4.78 is 5.55. The van der Waals surface area contributed by atoms with Crippen LogP contribution < -0.4 is 10.1 Å². The molecule has 0 unspecified atom stereocenters. The molecule has 1 aliphatic rings. The topological polar surface area (TPSA) is 58.6 Å². The lowest BCUT2D eigenvalue weighted by molar-refractivity contribution is -0.124. The van der Waals surface area contributed by atoms with E-state index in [1.807, 2.05) is 48.5 Å². The Balaban J connectivity index is 1.46. The Morgan fingerprint density at radius 1 is 1.08 bits per heavy atom. The Bertz CT molecular complexity index is 750. The fourth-order valence-electron chi connectivity index (χ4n) is 3.31. The van der Waals surface area contributed by atoms with Crippen molar-refractivity contribution in [1.82, 2.24) is 5.32 Å². The smallest absolute Gasteiger partial charge is 0.258 e. The Hall–Kier alpha value is -2.33. The van der Waals surface area contributed by atoms with Crippen molar-refractivity contribution in [3.8, 4) is 5.75 Å². The van der Waals surface area contributed by atoms with E-state index in [-0.39, 0.29) is 24.5 Å². The predicted molar refractivity (Wildman–Crippen MR) is 102 cm³/mol. The van der Waals surface area contributed by atoms with Gasteiger partial charge in [-0.05, 0) is 34.2 Å². The fraction of sp³-hybridized carbons (Fsp3) is 0.409. The number of hydrogen-bond acceptors (Lipinski definition) is 3. The molecule has 0 radical (unpaired) electrons. The van der Waals surface area contributed by atoms with Crippen molar-refractivity contribution in [2.75, 3.05) is 13.2 Å². The third-order valence-electron chi connectivity index (χ3n) is 4.86. The lowest BCUT2D eigenvalue weighted by Crippen LogP contribution is -2.45. The summed E-state index contributed by atoms with van der Waals surface area (Å²) in [7, 11) is 0. The number of fused-ring (bicyclic) bond motifs is 1. The number of ether oxygens (including phenoxy) is 1. The summed E-state index contributed by atoms with van der Waals surface area (Å²) in [4.78, 5) is 12.1. The van der Waals surface area contributed by atoms with Crippen molar-refractivity contribution in [2.45, 2.75) is 44.6 Å². The maximum atomic E-state index is 12.1. The minimum atomic E-state index is -0.909. The van der Waals surface area contributed by atoms with Gasteiger partial charge in [-0.2, -0.15) is 0 Å². The maximum Gasteiger partial charge on any atom is 0.258 e. The van der Waals surface area contributed by atoms with Crippen LogP contribution >= 0.6 is 0 Å². The summed E-state index contributed by atoms with van der Waals surface area (Å²) in [6, 6.07) is 15.8. The zero-order valence-electron chi connectivity index (χ0n) is 15.7. The first kappa shape index (κ1) is 18.5. The van der Waals surface area contributed by atoms with Crippen LogP contribution in [0.2, 0.25) is 0 Å². The molecule has 0 aromatic heterocycles. The third kappa shape index (κ3) is 4.44. The van der Waals surface area contributed by atoms with Crippen LogP contribution in [0.4, 0.5) is 0 Å². The van der Waals surface area contributed by atoms with Crippen molar-refractivity contribution in [1.29, 1.82) is 0 Å².